The monoisotopic (exact) mass is 170 g/mol. The van der Waals surface area contributed by atoms with E-state index in [1.165, 1.54) is 0 Å². The van der Waals surface area contributed by atoms with Crippen LogP contribution in [0, 0.1) is 0 Å². The van der Waals surface area contributed by atoms with E-state index in [1.54, 1.807) is 6.33 Å². The Morgan fingerprint density at radius 3 is 3.08 bits per heavy atom. The molecule has 1 aromatic heterocycles. The number of nitrogens with two attached hydrogens (primary N) is 1. The Morgan fingerprint density at radius 1 is 1.75 bits per heavy atom. The van der Waals surface area contributed by atoms with Crippen LogP contribution in [-0.4, -0.2) is 26.5 Å². The SMILES string of the molecule is CCCn1cnnc1[C@@H](N)CO. The minimum absolute atomic E-state index is 0.0948. The van der Waals surface area contributed by atoms with Crippen molar-refractivity contribution in [3.8, 4) is 0 Å². The van der Waals surface area contributed by atoms with E-state index >= 15 is 0 Å². The van der Waals surface area contributed by atoms with Crippen LogP contribution >= 0.6 is 0 Å². The average molecular weight is 170 g/mol. The highest BCUT2D eigenvalue weighted by Crippen LogP contribution is 2.05. The summed E-state index contributed by atoms with van der Waals surface area (Å²) in [6, 6.07) is -0.418. The van der Waals surface area contributed by atoms with Crippen molar-refractivity contribution in [3.05, 3.63) is 12.2 Å². The highest BCUT2D eigenvalue weighted by molar-refractivity contribution is 4.93. The molecule has 12 heavy (non-hydrogen) atoms. The van der Waals surface area contributed by atoms with Gasteiger partial charge >= 0.3 is 0 Å². The van der Waals surface area contributed by atoms with Gasteiger partial charge in [0.2, 0.25) is 0 Å². The summed E-state index contributed by atoms with van der Waals surface area (Å²) in [7, 11) is 0. The molecular weight excluding hydrogens is 156 g/mol. The molecule has 0 saturated heterocycles. The minimum atomic E-state index is -0.418. The Kier molecular flexibility index (Phi) is 3.19. The number of aliphatic hydroxyl groups excluding tert-OH is 1. The van der Waals surface area contributed by atoms with E-state index in [1.807, 2.05) is 4.57 Å². The molecule has 0 fully saturated rings. The zero-order valence-electron chi connectivity index (χ0n) is 7.14. The molecule has 0 spiro atoms. The van der Waals surface area contributed by atoms with Gasteiger partial charge in [-0.25, -0.2) is 0 Å². The smallest absolute Gasteiger partial charge is 0.152 e. The lowest BCUT2D eigenvalue weighted by molar-refractivity contribution is 0.260. The van der Waals surface area contributed by atoms with Gasteiger partial charge in [0.1, 0.15) is 6.33 Å². The van der Waals surface area contributed by atoms with Crippen molar-refractivity contribution in [2.75, 3.05) is 6.61 Å². The van der Waals surface area contributed by atoms with Gasteiger partial charge < -0.3 is 15.4 Å². The Bertz CT molecular complexity index is 235. The highest BCUT2D eigenvalue weighted by Gasteiger charge is 2.11. The number of hydrogen-bond donors (Lipinski definition) is 2. The van der Waals surface area contributed by atoms with Gasteiger partial charge in [-0.1, -0.05) is 6.92 Å². The maximum absolute atomic E-state index is 8.79. The van der Waals surface area contributed by atoms with Crippen LogP contribution in [0.2, 0.25) is 0 Å². The van der Waals surface area contributed by atoms with Crippen LogP contribution in [0.4, 0.5) is 0 Å². The van der Waals surface area contributed by atoms with Crippen LogP contribution in [-0.2, 0) is 6.54 Å². The van der Waals surface area contributed by atoms with Crippen molar-refractivity contribution in [2.45, 2.75) is 25.9 Å². The molecule has 1 aromatic rings. The number of hydrogen-bond acceptors (Lipinski definition) is 4. The molecule has 0 saturated carbocycles. The van der Waals surface area contributed by atoms with Gasteiger partial charge in [0.15, 0.2) is 5.82 Å². The van der Waals surface area contributed by atoms with Crippen molar-refractivity contribution in [1.29, 1.82) is 0 Å². The Morgan fingerprint density at radius 2 is 2.50 bits per heavy atom. The molecule has 0 radical (unpaired) electrons. The molecule has 0 bridgehead atoms. The first-order chi connectivity index (χ1) is 5.79. The predicted octanol–water partition coefficient (Wildman–Crippen LogP) is -0.320. The second-order valence-electron chi connectivity index (χ2n) is 2.67. The molecule has 3 N–H and O–H groups in total. The molecule has 0 aliphatic heterocycles. The Hall–Kier alpha value is -0.940. The van der Waals surface area contributed by atoms with Crippen molar-refractivity contribution in [2.24, 2.45) is 5.73 Å². The minimum Gasteiger partial charge on any atom is -0.394 e. The van der Waals surface area contributed by atoms with Crippen LogP contribution in [0.5, 0.6) is 0 Å². The van der Waals surface area contributed by atoms with E-state index in [9.17, 15) is 0 Å². The molecule has 5 nitrogen and oxygen atoms in total. The first kappa shape index (κ1) is 9.15. The summed E-state index contributed by atoms with van der Waals surface area (Å²) in [4.78, 5) is 0. The standard InChI is InChI=1S/C7H14N4O/c1-2-3-11-5-9-10-7(11)6(8)4-12/h5-6,12H,2-4,8H2,1H3/t6-/m0/s1. The molecule has 1 rings (SSSR count). The quantitative estimate of drug-likeness (QED) is 0.649. The lowest BCUT2D eigenvalue weighted by atomic mass is 10.3. The van der Waals surface area contributed by atoms with E-state index in [-0.39, 0.29) is 6.61 Å². The molecule has 0 unspecified atom stereocenters. The summed E-state index contributed by atoms with van der Waals surface area (Å²) in [6.45, 7) is 2.81. The van der Waals surface area contributed by atoms with E-state index in [4.69, 9.17) is 10.8 Å². The molecule has 68 valence electrons. The van der Waals surface area contributed by atoms with E-state index in [0.717, 1.165) is 13.0 Å². The van der Waals surface area contributed by atoms with Gasteiger partial charge in [0.25, 0.3) is 0 Å². The number of aryl methyl sites for hydroxylation is 1. The summed E-state index contributed by atoms with van der Waals surface area (Å²) in [5, 5.41) is 16.4. The summed E-state index contributed by atoms with van der Waals surface area (Å²) in [5.41, 5.74) is 5.60. The fourth-order valence-electron chi connectivity index (χ4n) is 1.05. The first-order valence-electron chi connectivity index (χ1n) is 4.03. The van der Waals surface area contributed by atoms with Gasteiger partial charge in [-0.05, 0) is 6.42 Å². The lowest BCUT2D eigenvalue weighted by Gasteiger charge is -2.08. The molecule has 1 atom stereocenters. The fraction of sp³-hybridized carbons (Fsp3) is 0.714. The maximum Gasteiger partial charge on any atom is 0.152 e. The van der Waals surface area contributed by atoms with Crippen molar-refractivity contribution < 1.29 is 5.11 Å². The third-order valence-corrected chi connectivity index (χ3v) is 1.64. The number of rotatable bonds is 4. The summed E-state index contributed by atoms with van der Waals surface area (Å²) < 4.78 is 1.86. The predicted molar refractivity (Wildman–Crippen MR) is 44.3 cm³/mol. The van der Waals surface area contributed by atoms with Gasteiger partial charge in [-0.2, -0.15) is 0 Å². The second kappa shape index (κ2) is 4.18. The molecule has 0 aromatic carbocycles. The zero-order chi connectivity index (χ0) is 8.97. The summed E-state index contributed by atoms with van der Waals surface area (Å²) in [5.74, 6) is 0.652. The Balaban J connectivity index is 2.76. The zero-order valence-corrected chi connectivity index (χ0v) is 7.14. The summed E-state index contributed by atoms with van der Waals surface area (Å²) in [6.07, 6.45) is 2.64. The van der Waals surface area contributed by atoms with Crippen LogP contribution in [0.3, 0.4) is 0 Å². The third kappa shape index (κ3) is 1.80. The molecule has 0 aliphatic rings. The topological polar surface area (TPSA) is 77.0 Å². The second-order valence-corrected chi connectivity index (χ2v) is 2.67. The van der Waals surface area contributed by atoms with Crippen LogP contribution in [0.1, 0.15) is 25.2 Å². The van der Waals surface area contributed by atoms with Crippen LogP contribution in [0.15, 0.2) is 6.33 Å². The molecule has 1 heterocycles. The van der Waals surface area contributed by atoms with Crippen molar-refractivity contribution >= 4 is 0 Å². The lowest BCUT2D eigenvalue weighted by Crippen LogP contribution is -2.19. The van der Waals surface area contributed by atoms with Gasteiger partial charge in [-0.15, -0.1) is 10.2 Å². The Labute approximate surface area is 71.2 Å². The van der Waals surface area contributed by atoms with Crippen molar-refractivity contribution in [1.82, 2.24) is 14.8 Å². The van der Waals surface area contributed by atoms with Crippen molar-refractivity contribution in [3.63, 3.8) is 0 Å². The number of aromatic nitrogens is 3. The van der Waals surface area contributed by atoms with Gasteiger partial charge in [0.05, 0.1) is 12.6 Å². The van der Waals surface area contributed by atoms with Crippen LogP contribution < -0.4 is 5.73 Å². The first-order valence-corrected chi connectivity index (χ1v) is 4.03. The third-order valence-electron chi connectivity index (χ3n) is 1.64. The van der Waals surface area contributed by atoms with Gasteiger partial charge in [-0.3, -0.25) is 0 Å². The fourth-order valence-corrected chi connectivity index (χ4v) is 1.05. The number of aliphatic hydroxyl groups is 1. The highest BCUT2D eigenvalue weighted by atomic mass is 16.3. The maximum atomic E-state index is 8.79. The summed E-state index contributed by atoms with van der Waals surface area (Å²) >= 11 is 0. The average Bonchev–Trinajstić information content (AvgIpc) is 2.52. The molecular formula is C7H14N4O. The molecule has 0 amide bonds. The molecule has 5 heteroatoms. The normalized spacial score (nSPS) is 13.2. The van der Waals surface area contributed by atoms with E-state index in [0.29, 0.717) is 5.82 Å². The largest absolute Gasteiger partial charge is 0.394 e. The van der Waals surface area contributed by atoms with E-state index < -0.39 is 6.04 Å². The number of nitrogens with zero attached hydrogens (tertiary/aromatic N) is 3. The van der Waals surface area contributed by atoms with Crippen LogP contribution in [0.25, 0.3) is 0 Å². The van der Waals surface area contributed by atoms with E-state index in [2.05, 4.69) is 17.1 Å². The van der Waals surface area contributed by atoms with Gasteiger partial charge in [0, 0.05) is 6.54 Å². The molecule has 0 aliphatic carbocycles.